The molecule has 114 valence electrons. The predicted molar refractivity (Wildman–Crippen MR) is 80.4 cm³/mol. The molecular weight excluding hydrogens is 270 g/mol. The second-order valence-electron chi connectivity index (χ2n) is 6.05. The molecule has 0 atom stereocenters. The van der Waals surface area contributed by atoms with Gasteiger partial charge in [0.1, 0.15) is 5.82 Å². The minimum absolute atomic E-state index is 0.0965. The van der Waals surface area contributed by atoms with Crippen LogP contribution in [-0.4, -0.2) is 21.4 Å². The first kappa shape index (κ1) is 15.2. The second kappa shape index (κ2) is 5.33. The van der Waals surface area contributed by atoms with Crippen LogP contribution < -0.4 is 21.3 Å². The van der Waals surface area contributed by atoms with Crippen molar-refractivity contribution in [1.29, 1.82) is 0 Å². The van der Waals surface area contributed by atoms with Crippen LogP contribution in [0.25, 0.3) is 0 Å². The van der Waals surface area contributed by atoms with E-state index in [2.05, 4.69) is 20.7 Å². The Hall–Kier alpha value is -2.15. The molecule has 2 heterocycles. The number of hydrazine groups is 1. The van der Waals surface area contributed by atoms with Gasteiger partial charge < -0.3 is 5.32 Å². The number of aryl methyl sites for hydroxylation is 1. The van der Waals surface area contributed by atoms with Gasteiger partial charge in [0, 0.05) is 17.7 Å². The van der Waals surface area contributed by atoms with Crippen LogP contribution in [0.15, 0.2) is 22.8 Å². The molecule has 0 bridgehead atoms. The van der Waals surface area contributed by atoms with Crippen LogP contribution >= 0.6 is 0 Å². The van der Waals surface area contributed by atoms with Gasteiger partial charge in [-0.3, -0.25) is 14.6 Å². The lowest BCUT2D eigenvalue weighted by molar-refractivity contribution is -0.123. The van der Waals surface area contributed by atoms with Gasteiger partial charge in [0.25, 0.3) is 5.56 Å². The van der Waals surface area contributed by atoms with E-state index in [4.69, 9.17) is 0 Å². The summed E-state index contributed by atoms with van der Waals surface area (Å²) < 4.78 is 0. The lowest BCUT2D eigenvalue weighted by atomic mass is 10.1. The number of carbonyl (C=O) groups is 1. The number of nitrogens with one attached hydrogen (secondary N) is 3. The zero-order valence-corrected chi connectivity index (χ0v) is 12.9. The van der Waals surface area contributed by atoms with Gasteiger partial charge in [-0.25, -0.2) is 15.4 Å². The van der Waals surface area contributed by atoms with Crippen molar-refractivity contribution >= 4 is 11.9 Å². The maximum Gasteiger partial charge on any atom is 0.252 e. The highest BCUT2D eigenvalue weighted by atomic mass is 16.2. The third kappa shape index (κ3) is 3.49. The van der Waals surface area contributed by atoms with Crippen LogP contribution in [0.4, 0.5) is 5.95 Å². The standard InChI is InChI=1S/C14H21N5O2/c1-8(2)12(21)16-10-7-14(4,5)18-19(10)13-15-9(3)6-11(20)17-13/h6-8,18H,1-5H3,(H,16,21)(H,15,17,20). The maximum atomic E-state index is 11.9. The van der Waals surface area contributed by atoms with Crippen molar-refractivity contribution in [1.82, 2.24) is 20.7 Å². The van der Waals surface area contributed by atoms with Crippen molar-refractivity contribution < 1.29 is 4.79 Å². The third-order valence-corrected chi connectivity index (χ3v) is 2.98. The van der Waals surface area contributed by atoms with Gasteiger partial charge in [0.15, 0.2) is 0 Å². The molecule has 0 saturated carbocycles. The van der Waals surface area contributed by atoms with Crippen molar-refractivity contribution in [2.45, 2.75) is 40.2 Å². The van der Waals surface area contributed by atoms with Gasteiger partial charge in [0.05, 0.1) is 5.54 Å². The zero-order chi connectivity index (χ0) is 15.8. The molecule has 7 nitrogen and oxygen atoms in total. The van der Waals surface area contributed by atoms with Crippen LogP contribution in [0.2, 0.25) is 0 Å². The number of amides is 1. The van der Waals surface area contributed by atoms with Gasteiger partial charge in [-0.1, -0.05) is 13.8 Å². The molecule has 0 aromatic carbocycles. The predicted octanol–water partition coefficient (Wildman–Crippen LogP) is 0.795. The van der Waals surface area contributed by atoms with E-state index in [0.29, 0.717) is 17.5 Å². The fraction of sp³-hybridized carbons (Fsp3) is 0.500. The van der Waals surface area contributed by atoms with Crippen LogP contribution in [0.5, 0.6) is 0 Å². The summed E-state index contributed by atoms with van der Waals surface area (Å²) in [5.74, 6) is 0.676. The lowest BCUT2D eigenvalue weighted by Crippen LogP contribution is -2.47. The molecule has 21 heavy (non-hydrogen) atoms. The van der Waals surface area contributed by atoms with E-state index in [9.17, 15) is 9.59 Å². The van der Waals surface area contributed by atoms with Crippen molar-refractivity contribution in [3.05, 3.63) is 34.0 Å². The molecular formula is C14H21N5O2. The summed E-state index contributed by atoms with van der Waals surface area (Å²) in [6, 6.07) is 1.42. The minimum Gasteiger partial charge on any atom is -0.311 e. The molecule has 2 rings (SSSR count). The average molecular weight is 291 g/mol. The summed E-state index contributed by atoms with van der Waals surface area (Å²) in [4.78, 5) is 30.5. The van der Waals surface area contributed by atoms with Crippen LogP contribution in [-0.2, 0) is 4.79 Å². The van der Waals surface area contributed by atoms with Gasteiger partial charge >= 0.3 is 0 Å². The molecule has 0 saturated heterocycles. The number of nitrogens with zero attached hydrogens (tertiary/aromatic N) is 2. The summed E-state index contributed by atoms with van der Waals surface area (Å²) >= 11 is 0. The molecule has 1 aromatic heterocycles. The van der Waals surface area contributed by atoms with Crippen molar-refractivity contribution in [3.8, 4) is 0 Å². The topological polar surface area (TPSA) is 90.1 Å². The summed E-state index contributed by atoms with van der Waals surface area (Å²) in [6.45, 7) is 9.31. The van der Waals surface area contributed by atoms with Crippen LogP contribution in [0, 0.1) is 12.8 Å². The van der Waals surface area contributed by atoms with Crippen molar-refractivity contribution in [2.24, 2.45) is 5.92 Å². The highest BCUT2D eigenvalue weighted by Crippen LogP contribution is 2.22. The van der Waals surface area contributed by atoms with Crippen LogP contribution in [0.3, 0.4) is 0 Å². The van der Waals surface area contributed by atoms with E-state index < -0.39 is 0 Å². The Bertz CT molecular complexity index is 645. The first-order chi connectivity index (χ1) is 9.68. The number of anilines is 1. The summed E-state index contributed by atoms with van der Waals surface area (Å²) in [5.41, 5.74) is 3.20. The summed E-state index contributed by atoms with van der Waals surface area (Å²) in [5, 5.41) is 4.44. The van der Waals surface area contributed by atoms with Gasteiger partial charge in [-0.05, 0) is 26.8 Å². The zero-order valence-electron chi connectivity index (χ0n) is 12.9. The number of rotatable bonds is 3. The van der Waals surface area contributed by atoms with E-state index in [1.165, 1.54) is 6.07 Å². The SMILES string of the molecule is Cc1cc(=O)[nH]c(N2NC(C)(C)C=C2NC(=O)C(C)C)n1. The highest BCUT2D eigenvalue weighted by Gasteiger charge is 2.32. The average Bonchev–Trinajstić information content (AvgIpc) is 2.63. The Morgan fingerprint density at radius 1 is 1.43 bits per heavy atom. The van der Waals surface area contributed by atoms with Gasteiger partial charge in [-0.15, -0.1) is 0 Å². The number of carbonyl (C=O) groups excluding carboxylic acids is 1. The van der Waals surface area contributed by atoms with Crippen LogP contribution in [0.1, 0.15) is 33.4 Å². The van der Waals surface area contributed by atoms with Gasteiger partial charge in [0.2, 0.25) is 11.9 Å². The van der Waals surface area contributed by atoms with E-state index >= 15 is 0 Å². The second-order valence-corrected chi connectivity index (χ2v) is 6.05. The molecule has 0 unspecified atom stereocenters. The Morgan fingerprint density at radius 3 is 2.67 bits per heavy atom. The monoisotopic (exact) mass is 291 g/mol. The molecule has 1 aromatic rings. The number of hydrogen-bond donors (Lipinski definition) is 3. The smallest absolute Gasteiger partial charge is 0.252 e. The Morgan fingerprint density at radius 2 is 2.10 bits per heavy atom. The molecule has 1 amide bonds. The fourth-order valence-electron chi connectivity index (χ4n) is 1.99. The van der Waals surface area contributed by atoms with Gasteiger partial charge in [-0.2, -0.15) is 0 Å². The molecule has 0 radical (unpaired) electrons. The summed E-state index contributed by atoms with van der Waals surface area (Å²) in [7, 11) is 0. The number of aromatic amines is 1. The molecule has 7 heteroatoms. The minimum atomic E-state index is -0.359. The molecule has 0 aliphatic carbocycles. The normalized spacial score (nSPS) is 17.0. The first-order valence-electron chi connectivity index (χ1n) is 6.87. The Labute approximate surface area is 123 Å². The molecule has 1 aliphatic heterocycles. The Balaban J connectivity index is 2.35. The fourth-order valence-corrected chi connectivity index (χ4v) is 1.99. The number of H-pyrrole nitrogens is 1. The Kier molecular flexibility index (Phi) is 3.87. The highest BCUT2D eigenvalue weighted by molar-refractivity contribution is 5.80. The molecule has 0 fully saturated rings. The number of hydrogen-bond acceptors (Lipinski definition) is 5. The van der Waals surface area contributed by atoms with E-state index in [1.54, 1.807) is 11.9 Å². The van der Waals surface area contributed by atoms with Crippen molar-refractivity contribution in [3.63, 3.8) is 0 Å². The van der Waals surface area contributed by atoms with E-state index in [0.717, 1.165) is 0 Å². The lowest BCUT2D eigenvalue weighted by Gasteiger charge is -2.25. The molecule has 1 aliphatic rings. The van der Waals surface area contributed by atoms with E-state index in [-0.39, 0.29) is 22.9 Å². The maximum absolute atomic E-state index is 11.9. The number of aromatic nitrogens is 2. The molecule has 3 N–H and O–H groups in total. The largest absolute Gasteiger partial charge is 0.311 e. The quantitative estimate of drug-likeness (QED) is 0.766. The summed E-state index contributed by atoms with van der Waals surface area (Å²) in [6.07, 6.45) is 1.88. The third-order valence-electron chi connectivity index (χ3n) is 2.98. The van der Waals surface area contributed by atoms with E-state index in [1.807, 2.05) is 33.8 Å². The van der Waals surface area contributed by atoms with Crippen molar-refractivity contribution in [2.75, 3.05) is 5.01 Å². The molecule has 0 spiro atoms. The first-order valence-corrected chi connectivity index (χ1v) is 6.87.